The minimum absolute atomic E-state index is 0.289. The Balaban J connectivity index is 1.91. The second-order valence-electron chi connectivity index (χ2n) is 5.32. The number of nitrogens with one attached hydrogen (secondary N) is 1. The van der Waals surface area contributed by atoms with Gasteiger partial charge in [-0.05, 0) is 45.4 Å². The van der Waals surface area contributed by atoms with Crippen LogP contribution in [0.1, 0.15) is 33.3 Å². The van der Waals surface area contributed by atoms with Crippen LogP contribution in [-0.2, 0) is 15.9 Å². The largest absolute Gasteiger partial charge is 0.555 e. The van der Waals surface area contributed by atoms with Crippen molar-refractivity contribution in [2.24, 2.45) is 0 Å². The Morgan fingerprint density at radius 1 is 1.12 bits per heavy atom. The molecule has 1 aliphatic rings. The summed E-state index contributed by atoms with van der Waals surface area (Å²) < 4.78 is 11.7. The highest BCUT2D eigenvalue weighted by Crippen LogP contribution is 2.35. The van der Waals surface area contributed by atoms with E-state index in [2.05, 4.69) is 10.2 Å². The summed E-state index contributed by atoms with van der Waals surface area (Å²) in [7, 11) is -0.354. The van der Waals surface area contributed by atoms with Crippen LogP contribution in [0.5, 0.6) is 0 Å². The SMILES string of the molecule is CC1(C)OB(NCc2ccncc2)OC1(C)C. The van der Waals surface area contributed by atoms with Gasteiger partial charge in [-0.15, -0.1) is 0 Å². The third-order valence-corrected chi connectivity index (χ3v) is 3.48. The van der Waals surface area contributed by atoms with Crippen LogP contribution < -0.4 is 5.23 Å². The first-order valence-electron chi connectivity index (χ1n) is 5.89. The molecule has 92 valence electrons. The summed E-state index contributed by atoms with van der Waals surface area (Å²) in [5.41, 5.74) is 0.584. The van der Waals surface area contributed by atoms with Crippen LogP contribution in [-0.4, -0.2) is 23.4 Å². The molecule has 0 spiro atoms. The molecule has 0 aliphatic carbocycles. The van der Waals surface area contributed by atoms with Gasteiger partial charge in [0.2, 0.25) is 0 Å². The average molecular weight is 234 g/mol. The first-order valence-corrected chi connectivity index (χ1v) is 5.89. The van der Waals surface area contributed by atoms with Gasteiger partial charge < -0.3 is 9.31 Å². The van der Waals surface area contributed by atoms with Gasteiger partial charge in [-0.1, -0.05) is 0 Å². The van der Waals surface area contributed by atoms with E-state index in [4.69, 9.17) is 9.31 Å². The van der Waals surface area contributed by atoms with Crippen LogP contribution in [0.25, 0.3) is 0 Å². The van der Waals surface area contributed by atoms with Gasteiger partial charge in [-0.3, -0.25) is 10.2 Å². The van der Waals surface area contributed by atoms with Crippen LogP contribution in [0.4, 0.5) is 0 Å². The number of rotatable bonds is 3. The van der Waals surface area contributed by atoms with Gasteiger partial charge in [0.25, 0.3) is 0 Å². The fourth-order valence-corrected chi connectivity index (χ4v) is 1.63. The summed E-state index contributed by atoms with van der Waals surface area (Å²) in [6.45, 7) is 8.88. The smallest absolute Gasteiger partial charge is 0.389 e. The summed E-state index contributed by atoms with van der Waals surface area (Å²) in [4.78, 5) is 3.98. The van der Waals surface area contributed by atoms with Crippen molar-refractivity contribution < 1.29 is 9.31 Å². The molecule has 0 bridgehead atoms. The number of pyridine rings is 1. The third kappa shape index (κ3) is 2.68. The standard InChI is InChI=1S/C12H19BN2O2/c1-11(2)12(3,4)17-13(16-11)15-9-10-5-7-14-8-6-10/h5-8,15H,9H2,1-4H3. The Labute approximate surface area is 103 Å². The lowest BCUT2D eigenvalue weighted by Crippen LogP contribution is -2.41. The molecule has 1 fully saturated rings. The van der Waals surface area contributed by atoms with Crippen molar-refractivity contribution in [2.75, 3.05) is 0 Å². The van der Waals surface area contributed by atoms with Gasteiger partial charge in [-0.2, -0.15) is 0 Å². The quantitative estimate of drug-likeness (QED) is 0.809. The zero-order valence-electron chi connectivity index (χ0n) is 10.9. The van der Waals surface area contributed by atoms with E-state index in [-0.39, 0.29) is 18.5 Å². The van der Waals surface area contributed by atoms with Gasteiger partial charge >= 0.3 is 7.25 Å². The zero-order valence-corrected chi connectivity index (χ0v) is 10.9. The maximum Gasteiger partial charge on any atom is 0.555 e. The van der Waals surface area contributed by atoms with Crippen molar-refractivity contribution in [3.63, 3.8) is 0 Å². The first-order chi connectivity index (χ1) is 7.91. The number of hydrogen-bond acceptors (Lipinski definition) is 4. The minimum atomic E-state index is -0.354. The van der Waals surface area contributed by atoms with Crippen LogP contribution >= 0.6 is 0 Å². The lowest BCUT2D eigenvalue weighted by atomic mass is 9.90. The number of aromatic nitrogens is 1. The second-order valence-corrected chi connectivity index (χ2v) is 5.32. The van der Waals surface area contributed by atoms with Gasteiger partial charge in [0.05, 0.1) is 11.2 Å². The fourth-order valence-electron chi connectivity index (χ4n) is 1.63. The molecule has 4 nitrogen and oxygen atoms in total. The van der Waals surface area contributed by atoms with E-state index in [1.165, 1.54) is 0 Å². The molecule has 1 N–H and O–H groups in total. The van der Waals surface area contributed by atoms with Crippen molar-refractivity contribution in [3.8, 4) is 0 Å². The highest BCUT2D eigenvalue weighted by Gasteiger charge is 2.51. The highest BCUT2D eigenvalue weighted by molar-refractivity contribution is 6.42. The molecule has 5 heteroatoms. The Hall–Kier alpha value is -0.905. The number of nitrogens with zero attached hydrogens (tertiary/aromatic N) is 1. The van der Waals surface area contributed by atoms with Crippen LogP contribution in [0.3, 0.4) is 0 Å². The summed E-state index contributed by atoms with van der Waals surface area (Å²) in [5.74, 6) is 0. The monoisotopic (exact) mass is 234 g/mol. The predicted octanol–water partition coefficient (Wildman–Crippen LogP) is 1.76. The second kappa shape index (κ2) is 4.40. The van der Waals surface area contributed by atoms with E-state index in [1.807, 2.05) is 39.8 Å². The molecule has 2 heterocycles. The first kappa shape index (κ1) is 12.5. The van der Waals surface area contributed by atoms with Gasteiger partial charge in [-0.25, -0.2) is 0 Å². The van der Waals surface area contributed by atoms with Crippen LogP contribution in [0.15, 0.2) is 24.5 Å². The lowest BCUT2D eigenvalue weighted by Gasteiger charge is -2.32. The van der Waals surface area contributed by atoms with E-state index >= 15 is 0 Å². The molecule has 2 rings (SSSR count). The molecule has 0 aromatic carbocycles. The lowest BCUT2D eigenvalue weighted by molar-refractivity contribution is 0.00578. The van der Waals surface area contributed by atoms with Gasteiger partial charge in [0, 0.05) is 18.9 Å². The zero-order chi connectivity index (χ0) is 12.5. The molecule has 1 saturated heterocycles. The minimum Gasteiger partial charge on any atom is -0.389 e. The Bertz CT molecular complexity index is 365. The summed E-state index contributed by atoms with van der Waals surface area (Å²) in [6.07, 6.45) is 3.56. The Kier molecular flexibility index (Phi) is 3.25. The molecular formula is C12H19BN2O2. The van der Waals surface area contributed by atoms with Crippen molar-refractivity contribution >= 4 is 7.25 Å². The van der Waals surface area contributed by atoms with Gasteiger partial charge in [0.15, 0.2) is 0 Å². The van der Waals surface area contributed by atoms with Crippen molar-refractivity contribution in [2.45, 2.75) is 45.4 Å². The fraction of sp³-hybridized carbons (Fsp3) is 0.583. The van der Waals surface area contributed by atoms with Crippen molar-refractivity contribution in [1.82, 2.24) is 10.2 Å². The molecule has 17 heavy (non-hydrogen) atoms. The topological polar surface area (TPSA) is 43.4 Å². The normalized spacial score (nSPS) is 21.8. The summed E-state index contributed by atoms with van der Waals surface area (Å²) in [6, 6.07) is 3.94. The number of hydrogen-bond donors (Lipinski definition) is 1. The van der Waals surface area contributed by atoms with Crippen LogP contribution in [0.2, 0.25) is 0 Å². The van der Waals surface area contributed by atoms with E-state index in [9.17, 15) is 0 Å². The average Bonchev–Trinajstić information content (AvgIpc) is 2.46. The van der Waals surface area contributed by atoms with E-state index < -0.39 is 0 Å². The van der Waals surface area contributed by atoms with E-state index in [1.54, 1.807) is 12.4 Å². The maximum atomic E-state index is 5.84. The van der Waals surface area contributed by atoms with Crippen molar-refractivity contribution in [1.29, 1.82) is 0 Å². The van der Waals surface area contributed by atoms with E-state index in [0.29, 0.717) is 6.54 Å². The van der Waals surface area contributed by atoms with Crippen molar-refractivity contribution in [3.05, 3.63) is 30.1 Å². The molecular weight excluding hydrogens is 215 g/mol. The summed E-state index contributed by atoms with van der Waals surface area (Å²) >= 11 is 0. The Morgan fingerprint density at radius 3 is 2.18 bits per heavy atom. The van der Waals surface area contributed by atoms with E-state index in [0.717, 1.165) is 5.56 Å². The molecule has 0 radical (unpaired) electrons. The highest BCUT2D eigenvalue weighted by atomic mass is 16.7. The molecule has 1 aliphatic heterocycles. The third-order valence-electron chi connectivity index (χ3n) is 3.48. The predicted molar refractivity (Wildman–Crippen MR) is 67.2 cm³/mol. The molecule has 1 aromatic rings. The molecule has 1 aromatic heterocycles. The molecule has 0 amide bonds. The molecule has 0 unspecified atom stereocenters. The Morgan fingerprint density at radius 2 is 1.65 bits per heavy atom. The molecule has 0 atom stereocenters. The molecule has 0 saturated carbocycles. The van der Waals surface area contributed by atoms with Crippen LogP contribution in [0, 0.1) is 0 Å². The van der Waals surface area contributed by atoms with Gasteiger partial charge in [0.1, 0.15) is 0 Å². The maximum absolute atomic E-state index is 5.84. The summed E-state index contributed by atoms with van der Waals surface area (Å²) in [5, 5.41) is 3.24.